The van der Waals surface area contributed by atoms with E-state index in [1.165, 1.54) is 18.2 Å². The number of aliphatic hydroxyl groups excluding tert-OH is 1. The van der Waals surface area contributed by atoms with Crippen LogP contribution in [0.4, 0.5) is 27.6 Å². The molecule has 176 valence electrons. The SMILES string of the molecule is O=C(Nc1cc(CO)cc2c1C(c1cc(F)ccc1Cl)NC2=O)c1cc(F)cc(C(F)(F)F)c1. The summed E-state index contributed by atoms with van der Waals surface area (Å²) in [6.45, 7) is -0.521. The van der Waals surface area contributed by atoms with E-state index in [0.29, 0.717) is 12.1 Å². The monoisotopic (exact) mass is 496 g/mol. The van der Waals surface area contributed by atoms with Crippen molar-refractivity contribution < 1.29 is 36.6 Å². The summed E-state index contributed by atoms with van der Waals surface area (Å²) in [4.78, 5) is 25.4. The summed E-state index contributed by atoms with van der Waals surface area (Å²) in [6.07, 6.45) is -4.88. The third-order valence-electron chi connectivity index (χ3n) is 5.24. The highest BCUT2D eigenvalue weighted by molar-refractivity contribution is 6.31. The minimum atomic E-state index is -4.88. The van der Waals surface area contributed by atoms with Crippen molar-refractivity contribution in [3.05, 3.63) is 98.6 Å². The van der Waals surface area contributed by atoms with Crippen molar-refractivity contribution in [3.8, 4) is 0 Å². The summed E-state index contributed by atoms with van der Waals surface area (Å²) in [5.41, 5.74) is -1.43. The standard InChI is InChI=1S/C23H14ClF5N2O3/c24-17-2-1-13(25)8-15(17)20-19-16(22(34)31-20)3-10(9-32)4-18(19)30-21(33)11-5-12(23(27,28)29)7-14(26)6-11/h1-8,20,32H,9H2,(H,30,33)(H,31,34). The summed E-state index contributed by atoms with van der Waals surface area (Å²) in [5, 5.41) is 14.7. The zero-order chi connectivity index (χ0) is 24.8. The van der Waals surface area contributed by atoms with Gasteiger partial charge in [0.1, 0.15) is 11.6 Å². The molecule has 5 nitrogen and oxygen atoms in total. The van der Waals surface area contributed by atoms with Crippen LogP contribution in [0.1, 0.15) is 49.0 Å². The third kappa shape index (κ3) is 4.46. The van der Waals surface area contributed by atoms with E-state index in [9.17, 15) is 36.6 Å². The Morgan fingerprint density at radius 2 is 1.79 bits per heavy atom. The highest BCUT2D eigenvalue weighted by Gasteiger charge is 2.35. The summed E-state index contributed by atoms with van der Waals surface area (Å²) in [7, 11) is 0. The summed E-state index contributed by atoms with van der Waals surface area (Å²) in [6, 6.07) is 6.52. The maximum atomic E-state index is 13.9. The van der Waals surface area contributed by atoms with Crippen LogP contribution in [0.5, 0.6) is 0 Å². The predicted octanol–water partition coefficient (Wildman–Crippen LogP) is 5.21. The first-order valence-electron chi connectivity index (χ1n) is 9.70. The molecule has 3 aromatic carbocycles. The average molecular weight is 497 g/mol. The van der Waals surface area contributed by atoms with E-state index < -0.39 is 53.4 Å². The van der Waals surface area contributed by atoms with Crippen LogP contribution in [-0.4, -0.2) is 16.9 Å². The molecule has 2 amide bonds. The average Bonchev–Trinajstić information content (AvgIpc) is 3.10. The van der Waals surface area contributed by atoms with Gasteiger partial charge in [0.15, 0.2) is 0 Å². The molecule has 1 aliphatic rings. The van der Waals surface area contributed by atoms with Crippen LogP contribution in [0.15, 0.2) is 48.5 Å². The molecule has 11 heteroatoms. The number of carbonyl (C=O) groups is 2. The lowest BCUT2D eigenvalue weighted by molar-refractivity contribution is -0.137. The Balaban J connectivity index is 1.81. The van der Waals surface area contributed by atoms with Crippen LogP contribution in [-0.2, 0) is 12.8 Å². The van der Waals surface area contributed by atoms with Crippen molar-refractivity contribution in [3.63, 3.8) is 0 Å². The maximum absolute atomic E-state index is 13.9. The van der Waals surface area contributed by atoms with Gasteiger partial charge in [-0.3, -0.25) is 9.59 Å². The normalized spacial score (nSPS) is 15.1. The Hall–Kier alpha value is -3.50. The molecule has 0 saturated carbocycles. The second-order valence-corrected chi connectivity index (χ2v) is 7.92. The molecule has 1 heterocycles. The van der Waals surface area contributed by atoms with Crippen molar-refractivity contribution in [2.75, 3.05) is 5.32 Å². The molecule has 0 bridgehead atoms. The van der Waals surface area contributed by atoms with Gasteiger partial charge in [-0.05, 0) is 54.1 Å². The van der Waals surface area contributed by atoms with Gasteiger partial charge in [0.25, 0.3) is 11.8 Å². The lowest BCUT2D eigenvalue weighted by atomic mass is 9.94. The number of hydrogen-bond acceptors (Lipinski definition) is 3. The Bertz CT molecular complexity index is 1330. The first-order chi connectivity index (χ1) is 16.0. The van der Waals surface area contributed by atoms with Crippen molar-refractivity contribution in [1.82, 2.24) is 5.32 Å². The molecule has 0 aromatic heterocycles. The molecule has 1 aliphatic heterocycles. The molecule has 0 aliphatic carbocycles. The minimum absolute atomic E-state index is 0.0439. The molecule has 1 unspecified atom stereocenters. The molecule has 0 radical (unpaired) electrons. The van der Waals surface area contributed by atoms with Crippen LogP contribution in [0.25, 0.3) is 0 Å². The smallest absolute Gasteiger partial charge is 0.392 e. The number of fused-ring (bicyclic) bond motifs is 1. The van der Waals surface area contributed by atoms with E-state index in [1.807, 2.05) is 0 Å². The minimum Gasteiger partial charge on any atom is -0.392 e. The largest absolute Gasteiger partial charge is 0.416 e. The van der Waals surface area contributed by atoms with Gasteiger partial charge in [0.2, 0.25) is 0 Å². The van der Waals surface area contributed by atoms with Gasteiger partial charge in [-0.1, -0.05) is 11.6 Å². The number of benzene rings is 3. The van der Waals surface area contributed by atoms with E-state index in [0.717, 1.165) is 12.1 Å². The quantitative estimate of drug-likeness (QED) is 0.434. The topological polar surface area (TPSA) is 78.4 Å². The third-order valence-corrected chi connectivity index (χ3v) is 5.58. The summed E-state index contributed by atoms with van der Waals surface area (Å²) in [5.74, 6) is -3.60. The van der Waals surface area contributed by atoms with E-state index in [-0.39, 0.29) is 39.0 Å². The van der Waals surface area contributed by atoms with E-state index in [1.54, 1.807) is 0 Å². The Morgan fingerprint density at radius 1 is 1.06 bits per heavy atom. The van der Waals surface area contributed by atoms with Crippen LogP contribution < -0.4 is 10.6 Å². The number of nitrogens with one attached hydrogen (secondary N) is 2. The van der Waals surface area contributed by atoms with Crippen molar-refractivity contribution >= 4 is 29.1 Å². The van der Waals surface area contributed by atoms with E-state index in [4.69, 9.17) is 11.6 Å². The summed E-state index contributed by atoms with van der Waals surface area (Å²) >= 11 is 6.19. The first-order valence-corrected chi connectivity index (χ1v) is 10.1. The lowest BCUT2D eigenvalue weighted by Gasteiger charge is -2.19. The zero-order valence-electron chi connectivity index (χ0n) is 16.9. The van der Waals surface area contributed by atoms with Gasteiger partial charge in [0.05, 0.1) is 18.2 Å². The van der Waals surface area contributed by atoms with Gasteiger partial charge in [0, 0.05) is 33.0 Å². The molecular weight excluding hydrogens is 483 g/mol. The number of carbonyl (C=O) groups excluding carboxylic acids is 2. The number of halogens is 6. The fourth-order valence-corrected chi connectivity index (χ4v) is 3.96. The van der Waals surface area contributed by atoms with Gasteiger partial charge in [-0.15, -0.1) is 0 Å². The summed E-state index contributed by atoms with van der Waals surface area (Å²) < 4.78 is 66.9. The number of anilines is 1. The van der Waals surface area contributed by atoms with Crippen LogP contribution in [0.2, 0.25) is 5.02 Å². The van der Waals surface area contributed by atoms with Crippen LogP contribution >= 0.6 is 11.6 Å². The van der Waals surface area contributed by atoms with Crippen molar-refractivity contribution in [2.45, 2.75) is 18.8 Å². The molecule has 0 spiro atoms. The molecule has 1 atom stereocenters. The Morgan fingerprint density at radius 3 is 2.47 bits per heavy atom. The lowest BCUT2D eigenvalue weighted by Crippen LogP contribution is -2.21. The number of rotatable bonds is 4. The molecule has 3 N–H and O–H groups in total. The van der Waals surface area contributed by atoms with Gasteiger partial charge >= 0.3 is 6.18 Å². The first kappa shape index (κ1) is 23.7. The van der Waals surface area contributed by atoms with Crippen molar-refractivity contribution in [2.24, 2.45) is 0 Å². The van der Waals surface area contributed by atoms with Gasteiger partial charge < -0.3 is 15.7 Å². The van der Waals surface area contributed by atoms with Crippen LogP contribution in [0, 0.1) is 11.6 Å². The molecule has 34 heavy (non-hydrogen) atoms. The number of alkyl halides is 3. The second kappa shape index (κ2) is 8.69. The van der Waals surface area contributed by atoms with Crippen LogP contribution in [0.3, 0.4) is 0 Å². The van der Waals surface area contributed by atoms with E-state index in [2.05, 4.69) is 10.6 Å². The fraction of sp³-hybridized carbons (Fsp3) is 0.130. The van der Waals surface area contributed by atoms with Crippen molar-refractivity contribution in [1.29, 1.82) is 0 Å². The second-order valence-electron chi connectivity index (χ2n) is 7.52. The molecule has 4 rings (SSSR count). The fourth-order valence-electron chi connectivity index (χ4n) is 3.74. The predicted molar refractivity (Wildman–Crippen MR) is 112 cm³/mol. The number of aliphatic hydroxyl groups is 1. The number of amides is 2. The van der Waals surface area contributed by atoms with Gasteiger partial charge in [-0.2, -0.15) is 13.2 Å². The Kier molecular flexibility index (Phi) is 6.05. The molecule has 3 aromatic rings. The maximum Gasteiger partial charge on any atom is 0.416 e. The molecule has 0 fully saturated rings. The molecular formula is C23H14ClF5N2O3. The highest BCUT2D eigenvalue weighted by Crippen LogP contribution is 2.40. The number of hydrogen-bond donors (Lipinski definition) is 3. The Labute approximate surface area is 194 Å². The zero-order valence-corrected chi connectivity index (χ0v) is 17.7. The molecule has 0 saturated heterocycles. The van der Waals surface area contributed by atoms with Gasteiger partial charge in [-0.25, -0.2) is 8.78 Å². The van der Waals surface area contributed by atoms with E-state index >= 15 is 0 Å². The highest BCUT2D eigenvalue weighted by atomic mass is 35.5.